The molecule has 29 nitrogen and oxygen atoms in total. The van der Waals surface area contributed by atoms with Crippen molar-refractivity contribution in [3.63, 3.8) is 0 Å². The summed E-state index contributed by atoms with van der Waals surface area (Å²) in [5, 5.41) is 14.0. The van der Waals surface area contributed by atoms with Gasteiger partial charge in [-0.1, -0.05) is 183 Å². The number of hydrogen-bond donors (Lipinski definition) is 4. The maximum Gasteiger partial charge on any atom is 0.257 e. The monoisotopic (exact) mass is 2070 g/mol. The number of piperazine rings is 3. The van der Waals surface area contributed by atoms with Crippen LogP contribution in [0.3, 0.4) is 0 Å². The van der Waals surface area contributed by atoms with Crippen LogP contribution in [-0.2, 0) is 59.4 Å². The van der Waals surface area contributed by atoms with Crippen molar-refractivity contribution in [1.82, 2.24) is 64.0 Å². The van der Waals surface area contributed by atoms with Gasteiger partial charge in [0.15, 0.2) is 20.5 Å². The van der Waals surface area contributed by atoms with E-state index < -0.39 is 0 Å². The van der Waals surface area contributed by atoms with Gasteiger partial charge < -0.3 is 60.0 Å². The molecule has 7 aliphatic rings. The van der Waals surface area contributed by atoms with Crippen LogP contribution < -0.4 is 21.3 Å². The molecule has 0 radical (unpaired) electrons. The number of thiazole rings is 4. The van der Waals surface area contributed by atoms with Crippen LogP contribution in [0.1, 0.15) is 188 Å². The summed E-state index contributed by atoms with van der Waals surface area (Å²) in [4.78, 5) is 189. The highest BCUT2D eigenvalue weighted by atomic mass is 32.2. The number of anilines is 4. The molecule has 8 heterocycles. The molecule has 0 unspecified atom stereocenters. The number of aryl methyl sites for hydroxylation is 8. The van der Waals surface area contributed by atoms with Gasteiger partial charge >= 0.3 is 0 Å². The van der Waals surface area contributed by atoms with Gasteiger partial charge in [-0.15, -0.1) is 0 Å². The number of carbonyl (C=O) groups excluding carboxylic acids is 12. The first-order chi connectivity index (χ1) is 68.2. The summed E-state index contributed by atoms with van der Waals surface area (Å²) in [6, 6.07) is 23.7. The van der Waals surface area contributed by atoms with Gasteiger partial charge in [-0.2, -0.15) is 0 Å². The second kappa shape index (κ2) is 50.2. The van der Waals surface area contributed by atoms with Crippen molar-refractivity contribution >= 4 is 184 Å². The van der Waals surface area contributed by atoms with E-state index in [1.165, 1.54) is 81.4 Å². The van der Waals surface area contributed by atoms with Gasteiger partial charge in [0.2, 0.25) is 41.4 Å². The lowest BCUT2D eigenvalue weighted by Crippen LogP contribution is -2.56. The summed E-state index contributed by atoms with van der Waals surface area (Å²) in [6.45, 7) is 42.7. The second-order valence-electron chi connectivity index (χ2n) is 36.2. The summed E-state index contributed by atoms with van der Waals surface area (Å²) in [6.07, 6.45) is 21.9. The van der Waals surface area contributed by atoms with Crippen molar-refractivity contribution in [2.75, 3.05) is 127 Å². The molecule has 142 heavy (non-hydrogen) atoms. The van der Waals surface area contributed by atoms with Crippen LogP contribution in [-0.4, -0.2) is 253 Å². The molecular formula is C105H125N17O12S8. The average molecular weight is 2070 g/mol. The Morgan fingerprint density at radius 1 is 0.394 bits per heavy atom. The van der Waals surface area contributed by atoms with Gasteiger partial charge in [0, 0.05) is 175 Å². The zero-order valence-electron chi connectivity index (χ0n) is 82.6. The van der Waals surface area contributed by atoms with Crippen LogP contribution in [0.15, 0.2) is 185 Å². The minimum Gasteiger partial charge on any atom is -0.337 e. The van der Waals surface area contributed by atoms with Gasteiger partial charge in [0.05, 0.1) is 41.6 Å². The smallest absolute Gasteiger partial charge is 0.257 e. The molecule has 2 atom stereocenters. The normalized spacial score (nSPS) is 16.3. The molecule has 7 fully saturated rings. The number of nitrogens with zero attached hydrogens (tertiary/aromatic N) is 13. The number of nitrogens with one attached hydrogen (secondary N) is 4. The molecule has 37 heteroatoms. The number of amides is 12. The number of benzene rings is 5. The SMILES string of the molecule is C=CC(=O)N1CCCN(C(=O)c2cc(Sc3cnc(NC(=O)C4CC4)s3)c(C)cc2CC)C[C@H]1C.C=CC(=O)N1CCN(C(=O)c2cc(Sc3cnc(NC(=O)C4CC4)s3)c(C)cc2CC)CC1.C=CC(=O)N1CCN(C(=O)c2cc(Sc3cnc(NC(=O)C4CC4)s3)c(C)cc2CC)C[C@H]1CC.C=CC(=O)N1CCN(C(=O)c2cc(Sc3cnc(NC(=O)c4cccc(CN(C)C)c4)s3)c(C)cc2C)CC1. The largest absolute Gasteiger partial charge is 0.337 e. The molecule has 4 saturated heterocycles. The fourth-order valence-corrected chi connectivity index (χ4v) is 24.7. The highest BCUT2D eigenvalue weighted by Gasteiger charge is 2.37. The van der Waals surface area contributed by atoms with Crippen molar-refractivity contribution in [2.24, 2.45) is 17.8 Å². The third kappa shape index (κ3) is 28.6. The van der Waals surface area contributed by atoms with Gasteiger partial charge in [-0.05, 0) is 237 Å². The van der Waals surface area contributed by atoms with Crippen molar-refractivity contribution in [1.29, 1.82) is 0 Å². The van der Waals surface area contributed by atoms with Crippen LogP contribution in [0.4, 0.5) is 20.5 Å². The maximum atomic E-state index is 13.7. The van der Waals surface area contributed by atoms with Crippen LogP contribution in [0.5, 0.6) is 0 Å². The Kier molecular flexibility index (Phi) is 38.1. The summed E-state index contributed by atoms with van der Waals surface area (Å²) >= 11 is 12.0. The molecule has 4 aromatic heterocycles. The zero-order chi connectivity index (χ0) is 102. The lowest BCUT2D eigenvalue weighted by Gasteiger charge is -2.41. The molecule has 0 bridgehead atoms. The van der Waals surface area contributed by atoms with E-state index in [-0.39, 0.29) is 101 Å². The molecule has 4 N–H and O–H groups in total. The molecule has 12 amide bonds. The molecule has 750 valence electrons. The van der Waals surface area contributed by atoms with E-state index in [0.717, 1.165) is 164 Å². The molecule has 3 aliphatic carbocycles. The van der Waals surface area contributed by atoms with E-state index in [0.29, 0.717) is 140 Å². The molecular weight excluding hydrogens is 1950 g/mol. The van der Waals surface area contributed by atoms with Crippen LogP contribution in [0.2, 0.25) is 0 Å². The fourth-order valence-electron chi connectivity index (χ4n) is 16.9. The molecule has 16 rings (SSSR count). The Balaban J connectivity index is 0.000000159. The first-order valence-electron chi connectivity index (χ1n) is 48.1. The van der Waals surface area contributed by atoms with Crippen LogP contribution in [0.25, 0.3) is 0 Å². The number of rotatable bonds is 30. The van der Waals surface area contributed by atoms with Gasteiger partial charge in [-0.25, -0.2) is 19.9 Å². The summed E-state index contributed by atoms with van der Waals surface area (Å²) < 4.78 is 3.80. The minimum absolute atomic E-state index is 0.00101. The zero-order valence-corrected chi connectivity index (χ0v) is 89.2. The van der Waals surface area contributed by atoms with E-state index in [9.17, 15) is 57.5 Å². The minimum atomic E-state index is -0.198. The van der Waals surface area contributed by atoms with Crippen molar-refractivity contribution in [3.05, 3.63) is 226 Å². The topological polar surface area (TPSA) is 334 Å². The van der Waals surface area contributed by atoms with E-state index in [1.807, 2.05) is 117 Å². The first-order valence-corrected chi connectivity index (χ1v) is 54.6. The van der Waals surface area contributed by atoms with E-state index in [2.05, 4.69) is 125 Å². The highest BCUT2D eigenvalue weighted by molar-refractivity contribution is 8.02. The van der Waals surface area contributed by atoms with Crippen LogP contribution >= 0.6 is 92.4 Å². The Bertz CT molecular complexity index is 6220. The third-order valence-electron chi connectivity index (χ3n) is 25.4. The number of aromatic nitrogens is 4. The first kappa shape index (κ1) is 108. The Morgan fingerprint density at radius 3 is 1.11 bits per heavy atom. The summed E-state index contributed by atoms with van der Waals surface area (Å²) in [7, 11) is 3.98. The molecule has 9 aromatic rings. The standard InChI is InChI=1S/C29H33N5O3S2.2C26H32N4O3S2.C24H28N4O3S2/c1-6-25(35)33-10-12-34(13-11-33)28(37)23-16-24(20(3)14-19(23)2)38-26-17-30-29(39-26)31-27(36)22-9-7-8-21(15-22)18-32(4)5;1-5-18-12-16(3)21(34-23-14-27-26(35-23)28-24(32)19-8-9-19)13-20(18)25(33)29-10-7-11-30(17(4)15-29)22(31)6-2;1-5-17-12-16(4)21(34-23-14-27-26(35-23)28-24(32)18-8-9-18)13-20(17)25(33)29-10-11-30(22(31)7-3)19(6-2)15-29;1-4-16-12-15(3)19(32-21-14-25-24(33-21)26-22(30)17-6-7-17)13-18(16)23(31)28-10-8-27(9-11-28)20(29)5-2/h6-9,14-17H,1,10-13,18H2,2-5H3,(H,30,31,36);6,12-14,17,19H,2,5,7-11,15H2,1,3-4H3,(H,27,28,32);7,12-14,18-19H,3,5-6,8-11,15H2,1-2,4H3,(H,27,28,32);5,12-14,17H,2,4,6-11H2,1,3H3,(H,25,26,30)/t;17-;19-;/m.11./s1. The molecule has 0 spiro atoms. The van der Waals surface area contributed by atoms with Gasteiger partial charge in [0.25, 0.3) is 29.5 Å². The molecule has 4 aliphatic heterocycles. The van der Waals surface area contributed by atoms with Gasteiger partial charge in [0.1, 0.15) is 0 Å². The third-order valence-corrected chi connectivity index (χ3v) is 34.1. The molecule has 5 aromatic carbocycles. The predicted octanol–water partition coefficient (Wildman–Crippen LogP) is 18.2. The molecule has 3 saturated carbocycles. The predicted molar refractivity (Wildman–Crippen MR) is 568 cm³/mol. The lowest BCUT2D eigenvalue weighted by atomic mass is 10.00. The second-order valence-corrected chi connectivity index (χ2v) is 45.7. The maximum absolute atomic E-state index is 13.7. The van der Waals surface area contributed by atoms with Crippen molar-refractivity contribution < 1.29 is 57.5 Å². The Morgan fingerprint density at radius 2 is 0.739 bits per heavy atom. The number of carbonyl (C=O) groups is 12. The Labute approximate surface area is 864 Å². The lowest BCUT2D eigenvalue weighted by molar-refractivity contribution is -0.130. The summed E-state index contributed by atoms with van der Waals surface area (Å²) in [5.41, 5.74) is 12.8. The fraction of sp³-hybridized carbons (Fsp3) is 0.410. The average Bonchev–Trinajstić information content (AvgIpc) is 1.48. The highest BCUT2D eigenvalue weighted by Crippen LogP contribution is 2.44. The van der Waals surface area contributed by atoms with E-state index in [1.54, 1.807) is 85.7 Å². The van der Waals surface area contributed by atoms with E-state index >= 15 is 0 Å². The van der Waals surface area contributed by atoms with Crippen LogP contribution in [0, 0.1) is 52.4 Å². The Hall–Kier alpha value is -11.4. The van der Waals surface area contributed by atoms with Crippen molar-refractivity contribution in [3.8, 4) is 0 Å². The number of hydrogen-bond acceptors (Lipinski definition) is 25. The van der Waals surface area contributed by atoms with Crippen molar-refractivity contribution in [2.45, 2.75) is 195 Å². The quantitative estimate of drug-likeness (QED) is 0.0304. The summed E-state index contributed by atoms with van der Waals surface area (Å²) in [5.74, 6) is -0.0336. The van der Waals surface area contributed by atoms with E-state index in [4.69, 9.17) is 0 Å². The van der Waals surface area contributed by atoms with Gasteiger partial charge in [-0.3, -0.25) is 62.9 Å².